The van der Waals surface area contributed by atoms with Crippen LogP contribution in [0.3, 0.4) is 0 Å². The summed E-state index contributed by atoms with van der Waals surface area (Å²) in [5.41, 5.74) is 0.396. The number of hydrogen-bond donors (Lipinski definition) is 2. The van der Waals surface area contributed by atoms with Crippen LogP contribution >= 0.6 is 0 Å². The van der Waals surface area contributed by atoms with Crippen LogP contribution in [0.15, 0.2) is 12.5 Å². The Labute approximate surface area is 114 Å². The first-order chi connectivity index (χ1) is 9.84. The zero-order chi connectivity index (χ0) is 13.8. The van der Waals surface area contributed by atoms with E-state index in [0.717, 1.165) is 25.9 Å². The minimum Gasteiger partial charge on any atom is -0.376 e. The number of nitrogens with zero attached hydrogens (tertiary/aromatic N) is 5. The topological polar surface area (TPSA) is 111 Å². The number of aromatic nitrogens is 6. The molecular weight excluding hydrogens is 262 g/mol. The Bertz CT molecular complexity index is 559. The van der Waals surface area contributed by atoms with Crippen LogP contribution in [0, 0.1) is 0 Å². The Morgan fingerprint density at radius 2 is 2.50 bits per heavy atom. The van der Waals surface area contributed by atoms with Gasteiger partial charge in [0.15, 0.2) is 5.82 Å². The highest BCUT2D eigenvalue weighted by Gasteiger charge is 2.19. The Morgan fingerprint density at radius 3 is 3.25 bits per heavy atom. The molecule has 2 aromatic heterocycles. The second-order valence-electron chi connectivity index (χ2n) is 4.59. The largest absolute Gasteiger partial charge is 0.376 e. The van der Waals surface area contributed by atoms with Crippen molar-refractivity contribution in [3.8, 4) is 5.82 Å². The smallest absolute Gasteiger partial charge is 0.256 e. The minimum atomic E-state index is -0.224. The lowest BCUT2D eigenvalue weighted by Gasteiger charge is -2.22. The average Bonchev–Trinajstić information content (AvgIpc) is 3.15. The van der Waals surface area contributed by atoms with E-state index in [-0.39, 0.29) is 12.0 Å². The second kappa shape index (κ2) is 5.78. The van der Waals surface area contributed by atoms with Crippen molar-refractivity contribution in [1.29, 1.82) is 0 Å². The minimum absolute atomic E-state index is 0.0936. The summed E-state index contributed by atoms with van der Waals surface area (Å²) < 4.78 is 6.93. The van der Waals surface area contributed by atoms with E-state index >= 15 is 0 Å². The molecule has 0 radical (unpaired) electrons. The Balaban J connectivity index is 1.64. The fraction of sp³-hybridized carbons (Fsp3) is 0.545. The molecule has 0 aromatic carbocycles. The van der Waals surface area contributed by atoms with Crippen LogP contribution in [0.4, 0.5) is 0 Å². The number of carbonyl (C=O) groups excluding carboxylic acids is 1. The molecule has 1 saturated heterocycles. The van der Waals surface area contributed by atoms with Gasteiger partial charge in [0.1, 0.15) is 11.9 Å². The molecule has 9 heteroatoms. The molecule has 3 heterocycles. The van der Waals surface area contributed by atoms with Gasteiger partial charge in [0, 0.05) is 13.2 Å². The van der Waals surface area contributed by atoms with Gasteiger partial charge in [-0.2, -0.15) is 9.78 Å². The molecule has 0 unspecified atom stereocenters. The number of aromatic amines is 1. The fourth-order valence-corrected chi connectivity index (χ4v) is 2.15. The lowest BCUT2D eigenvalue weighted by Crippen LogP contribution is -2.35. The second-order valence-corrected chi connectivity index (χ2v) is 4.59. The van der Waals surface area contributed by atoms with E-state index in [4.69, 9.17) is 4.74 Å². The summed E-state index contributed by atoms with van der Waals surface area (Å²) in [6, 6.07) is 0. The van der Waals surface area contributed by atoms with Crippen molar-refractivity contribution in [2.24, 2.45) is 0 Å². The average molecular weight is 277 g/mol. The molecule has 9 nitrogen and oxygen atoms in total. The standard InChI is InChI=1S/C11H15N7O2/c19-11(12-5-8-3-1-2-4-20-8)9-6-13-15-10(9)18-7-14-16-17-18/h6-8H,1-5H2,(H,12,19)(H,13,15)/t8-/m0/s1. The number of H-pyrrole nitrogens is 1. The van der Waals surface area contributed by atoms with E-state index in [1.54, 1.807) is 0 Å². The number of ether oxygens (including phenoxy) is 1. The van der Waals surface area contributed by atoms with Gasteiger partial charge in [-0.15, -0.1) is 5.10 Å². The molecule has 0 spiro atoms. The zero-order valence-electron chi connectivity index (χ0n) is 10.8. The van der Waals surface area contributed by atoms with E-state index in [1.807, 2.05) is 0 Å². The predicted molar refractivity (Wildman–Crippen MR) is 67.2 cm³/mol. The predicted octanol–water partition coefficient (Wildman–Crippen LogP) is -0.316. The first-order valence-electron chi connectivity index (χ1n) is 6.51. The van der Waals surface area contributed by atoms with Gasteiger partial charge in [0.2, 0.25) is 0 Å². The van der Waals surface area contributed by atoms with Crippen molar-refractivity contribution < 1.29 is 9.53 Å². The van der Waals surface area contributed by atoms with E-state index in [2.05, 4.69) is 31.0 Å². The van der Waals surface area contributed by atoms with Crippen LogP contribution in [-0.2, 0) is 4.74 Å². The van der Waals surface area contributed by atoms with Crippen LogP contribution in [0.1, 0.15) is 29.6 Å². The van der Waals surface area contributed by atoms with Crippen molar-refractivity contribution in [2.75, 3.05) is 13.2 Å². The molecule has 2 aromatic rings. The monoisotopic (exact) mass is 277 g/mol. The zero-order valence-corrected chi connectivity index (χ0v) is 10.8. The molecule has 0 aliphatic carbocycles. The van der Waals surface area contributed by atoms with Crippen molar-refractivity contribution in [3.63, 3.8) is 0 Å². The van der Waals surface area contributed by atoms with Crippen molar-refractivity contribution >= 4 is 5.91 Å². The molecule has 1 aliphatic heterocycles. The number of tetrazole rings is 1. The summed E-state index contributed by atoms with van der Waals surface area (Å²) in [5, 5.41) is 20.2. The lowest BCUT2D eigenvalue weighted by atomic mass is 10.1. The first kappa shape index (κ1) is 12.7. The third kappa shape index (κ3) is 2.67. The molecule has 1 aliphatic rings. The fourth-order valence-electron chi connectivity index (χ4n) is 2.15. The SMILES string of the molecule is O=C(NC[C@@H]1CCCCO1)c1cn[nH]c1-n1cnnn1. The number of nitrogens with one attached hydrogen (secondary N) is 2. The van der Waals surface area contributed by atoms with Crippen molar-refractivity contribution in [1.82, 2.24) is 35.7 Å². The summed E-state index contributed by atoms with van der Waals surface area (Å²) in [6.07, 6.45) is 6.15. The van der Waals surface area contributed by atoms with Crippen molar-refractivity contribution in [2.45, 2.75) is 25.4 Å². The lowest BCUT2D eigenvalue weighted by molar-refractivity contribution is 0.0169. The molecule has 2 N–H and O–H groups in total. The van der Waals surface area contributed by atoms with Crippen LogP contribution in [-0.4, -0.2) is 55.6 Å². The van der Waals surface area contributed by atoms with Gasteiger partial charge >= 0.3 is 0 Å². The van der Waals surface area contributed by atoms with E-state index in [0.29, 0.717) is 17.9 Å². The van der Waals surface area contributed by atoms with Crippen LogP contribution < -0.4 is 5.32 Å². The Hall–Kier alpha value is -2.29. The van der Waals surface area contributed by atoms with E-state index < -0.39 is 0 Å². The summed E-state index contributed by atoms with van der Waals surface area (Å²) in [5.74, 6) is 0.218. The third-order valence-corrected chi connectivity index (χ3v) is 3.21. The van der Waals surface area contributed by atoms with Crippen LogP contribution in [0.5, 0.6) is 0 Å². The van der Waals surface area contributed by atoms with Gasteiger partial charge in [-0.25, -0.2) is 0 Å². The quantitative estimate of drug-likeness (QED) is 0.792. The maximum atomic E-state index is 12.2. The maximum Gasteiger partial charge on any atom is 0.256 e. The highest BCUT2D eigenvalue weighted by Crippen LogP contribution is 2.12. The summed E-state index contributed by atoms with van der Waals surface area (Å²) in [7, 11) is 0. The summed E-state index contributed by atoms with van der Waals surface area (Å²) in [4.78, 5) is 12.2. The third-order valence-electron chi connectivity index (χ3n) is 3.21. The molecule has 0 bridgehead atoms. The molecule has 1 amide bonds. The number of carbonyl (C=O) groups is 1. The number of hydrogen-bond acceptors (Lipinski definition) is 6. The molecule has 1 atom stereocenters. The first-order valence-corrected chi connectivity index (χ1v) is 6.51. The highest BCUT2D eigenvalue weighted by atomic mass is 16.5. The Morgan fingerprint density at radius 1 is 1.55 bits per heavy atom. The van der Waals surface area contributed by atoms with Gasteiger partial charge in [0.05, 0.1) is 12.3 Å². The number of rotatable bonds is 4. The highest BCUT2D eigenvalue weighted by molar-refractivity contribution is 5.96. The molecular formula is C11H15N7O2. The molecule has 3 rings (SSSR count). The van der Waals surface area contributed by atoms with Crippen LogP contribution in [0.2, 0.25) is 0 Å². The normalized spacial score (nSPS) is 18.9. The maximum absolute atomic E-state index is 12.2. The molecule has 0 saturated carbocycles. The van der Waals surface area contributed by atoms with E-state index in [1.165, 1.54) is 17.2 Å². The van der Waals surface area contributed by atoms with Crippen molar-refractivity contribution in [3.05, 3.63) is 18.1 Å². The van der Waals surface area contributed by atoms with Gasteiger partial charge in [-0.1, -0.05) is 0 Å². The molecule has 1 fully saturated rings. The van der Waals surface area contributed by atoms with Gasteiger partial charge < -0.3 is 10.1 Å². The van der Waals surface area contributed by atoms with Gasteiger partial charge in [0.25, 0.3) is 5.91 Å². The van der Waals surface area contributed by atoms with E-state index in [9.17, 15) is 4.79 Å². The van der Waals surface area contributed by atoms with Gasteiger partial charge in [-0.05, 0) is 29.7 Å². The summed E-state index contributed by atoms with van der Waals surface area (Å²) in [6.45, 7) is 1.27. The molecule has 106 valence electrons. The van der Waals surface area contributed by atoms with Gasteiger partial charge in [-0.3, -0.25) is 9.89 Å². The molecule has 20 heavy (non-hydrogen) atoms. The Kier molecular flexibility index (Phi) is 3.68. The number of amides is 1. The summed E-state index contributed by atoms with van der Waals surface area (Å²) >= 11 is 0. The van der Waals surface area contributed by atoms with Crippen LogP contribution in [0.25, 0.3) is 5.82 Å².